The summed E-state index contributed by atoms with van der Waals surface area (Å²) in [7, 11) is 0. The summed E-state index contributed by atoms with van der Waals surface area (Å²) in [5.74, 6) is 0.889. The molecule has 5 nitrogen and oxygen atoms in total. The quantitative estimate of drug-likeness (QED) is 0.761. The van der Waals surface area contributed by atoms with Gasteiger partial charge in [-0.2, -0.15) is 11.8 Å². The van der Waals surface area contributed by atoms with Gasteiger partial charge in [-0.1, -0.05) is 0 Å². The van der Waals surface area contributed by atoms with Crippen LogP contribution in [0.15, 0.2) is 0 Å². The van der Waals surface area contributed by atoms with E-state index < -0.39 is 17.7 Å². The number of carboxylic acids is 1. The van der Waals surface area contributed by atoms with Crippen molar-refractivity contribution in [3.05, 3.63) is 0 Å². The lowest BCUT2D eigenvalue weighted by Gasteiger charge is -2.30. The molecule has 15 heavy (non-hydrogen) atoms. The van der Waals surface area contributed by atoms with E-state index in [4.69, 9.17) is 9.84 Å². The summed E-state index contributed by atoms with van der Waals surface area (Å²) in [6, 6.07) is 0. The van der Waals surface area contributed by atoms with E-state index in [2.05, 4.69) is 0 Å². The second-order valence-corrected chi connectivity index (χ2v) is 5.06. The number of ether oxygens (including phenoxy) is 1. The van der Waals surface area contributed by atoms with Crippen LogP contribution < -0.4 is 0 Å². The van der Waals surface area contributed by atoms with E-state index in [1.54, 1.807) is 11.8 Å². The third-order valence-electron chi connectivity index (χ3n) is 2.65. The van der Waals surface area contributed by atoms with E-state index in [9.17, 15) is 9.59 Å². The van der Waals surface area contributed by atoms with Crippen LogP contribution in [0, 0.1) is 0 Å². The molecule has 1 spiro atoms. The first-order chi connectivity index (χ1) is 7.11. The maximum Gasteiger partial charge on any atom is 0.411 e. The summed E-state index contributed by atoms with van der Waals surface area (Å²) in [5, 5.41) is 8.62. The molecule has 2 saturated heterocycles. The number of nitrogens with zero attached hydrogens (tertiary/aromatic N) is 1. The van der Waals surface area contributed by atoms with E-state index >= 15 is 0 Å². The Labute approximate surface area is 91.8 Å². The van der Waals surface area contributed by atoms with Gasteiger partial charge >= 0.3 is 12.1 Å². The highest BCUT2D eigenvalue weighted by molar-refractivity contribution is 7.99. The molecule has 6 heteroatoms. The van der Waals surface area contributed by atoms with Crippen molar-refractivity contribution in [2.75, 3.05) is 24.6 Å². The second-order valence-electron chi connectivity index (χ2n) is 3.96. The summed E-state index contributed by atoms with van der Waals surface area (Å²) >= 11 is 1.76. The predicted molar refractivity (Wildman–Crippen MR) is 55.0 cm³/mol. The van der Waals surface area contributed by atoms with Crippen LogP contribution in [-0.2, 0) is 9.53 Å². The molecule has 0 saturated carbocycles. The number of aliphatic carboxylic acids is 1. The van der Waals surface area contributed by atoms with Crippen LogP contribution in [-0.4, -0.2) is 52.3 Å². The maximum atomic E-state index is 11.4. The zero-order chi connectivity index (χ0) is 10.9. The van der Waals surface area contributed by atoms with Crippen LogP contribution in [0.5, 0.6) is 0 Å². The number of hydrogen-bond donors (Lipinski definition) is 1. The molecular formula is C9H13NO4S. The topological polar surface area (TPSA) is 66.8 Å². The standard InChI is InChI=1S/C9H13NO4S/c11-7(12)4-10-5-9(14-8(10)13)2-1-3-15-6-9/h1-6H2,(H,11,12). The van der Waals surface area contributed by atoms with Gasteiger partial charge in [-0.25, -0.2) is 4.79 Å². The summed E-state index contributed by atoms with van der Waals surface area (Å²) in [5.41, 5.74) is -0.421. The lowest BCUT2D eigenvalue weighted by atomic mass is 10.00. The van der Waals surface area contributed by atoms with Crippen molar-refractivity contribution in [1.82, 2.24) is 4.90 Å². The van der Waals surface area contributed by atoms with Gasteiger partial charge in [-0.05, 0) is 18.6 Å². The van der Waals surface area contributed by atoms with Crippen molar-refractivity contribution in [3.8, 4) is 0 Å². The Morgan fingerprint density at radius 3 is 3.07 bits per heavy atom. The Bertz CT molecular complexity index is 288. The smallest absolute Gasteiger partial charge is 0.411 e. The first kappa shape index (κ1) is 10.6. The minimum atomic E-state index is -0.993. The Hall–Kier alpha value is -0.910. The second kappa shape index (κ2) is 3.92. The monoisotopic (exact) mass is 231 g/mol. The molecule has 1 N–H and O–H groups in total. The molecular weight excluding hydrogens is 218 g/mol. The molecule has 2 fully saturated rings. The fraction of sp³-hybridized carbons (Fsp3) is 0.778. The minimum absolute atomic E-state index is 0.259. The molecule has 0 bridgehead atoms. The largest absolute Gasteiger partial charge is 0.480 e. The average Bonchev–Trinajstić information content (AvgIpc) is 2.43. The van der Waals surface area contributed by atoms with Gasteiger partial charge < -0.3 is 9.84 Å². The van der Waals surface area contributed by atoms with Gasteiger partial charge in [0.25, 0.3) is 0 Å². The third kappa shape index (κ3) is 2.19. The SMILES string of the molecule is O=C(O)CN1CC2(CCCSC2)OC1=O. The van der Waals surface area contributed by atoms with E-state index in [0.29, 0.717) is 6.54 Å². The molecule has 0 aromatic carbocycles. The van der Waals surface area contributed by atoms with Crippen molar-refractivity contribution in [2.24, 2.45) is 0 Å². The lowest BCUT2D eigenvalue weighted by Crippen LogP contribution is -2.40. The molecule has 0 aliphatic carbocycles. The fourth-order valence-corrected chi connectivity index (χ4v) is 3.17. The van der Waals surface area contributed by atoms with E-state index in [1.165, 1.54) is 4.90 Å². The molecule has 1 amide bonds. The molecule has 2 rings (SSSR count). The van der Waals surface area contributed by atoms with Crippen LogP contribution in [0.4, 0.5) is 4.79 Å². The van der Waals surface area contributed by atoms with Crippen molar-refractivity contribution in [2.45, 2.75) is 18.4 Å². The van der Waals surface area contributed by atoms with Crippen molar-refractivity contribution in [1.29, 1.82) is 0 Å². The van der Waals surface area contributed by atoms with Crippen LogP contribution in [0.25, 0.3) is 0 Å². The number of carboxylic acid groups (broad SMARTS) is 1. The summed E-state index contributed by atoms with van der Waals surface area (Å²) in [6.45, 7) is 0.163. The number of carbonyl (C=O) groups is 2. The van der Waals surface area contributed by atoms with Crippen molar-refractivity contribution >= 4 is 23.8 Å². The number of thioether (sulfide) groups is 1. The highest BCUT2D eigenvalue weighted by Crippen LogP contribution is 2.35. The molecule has 0 radical (unpaired) electrons. The Kier molecular flexibility index (Phi) is 2.77. The molecule has 0 aromatic heterocycles. The average molecular weight is 231 g/mol. The molecule has 2 aliphatic rings. The van der Waals surface area contributed by atoms with Gasteiger partial charge in [0.2, 0.25) is 0 Å². The molecule has 0 aromatic rings. The highest BCUT2D eigenvalue weighted by Gasteiger charge is 2.46. The Balaban J connectivity index is 2.01. The zero-order valence-electron chi connectivity index (χ0n) is 8.27. The Morgan fingerprint density at radius 2 is 2.47 bits per heavy atom. The van der Waals surface area contributed by atoms with Gasteiger partial charge in [0.05, 0.1) is 6.54 Å². The lowest BCUT2D eigenvalue weighted by molar-refractivity contribution is -0.137. The zero-order valence-corrected chi connectivity index (χ0v) is 9.09. The maximum absolute atomic E-state index is 11.4. The molecule has 1 unspecified atom stereocenters. The van der Waals surface area contributed by atoms with Gasteiger partial charge in [-0.3, -0.25) is 9.69 Å². The van der Waals surface area contributed by atoms with Crippen molar-refractivity contribution < 1.29 is 19.4 Å². The highest BCUT2D eigenvalue weighted by atomic mass is 32.2. The van der Waals surface area contributed by atoms with Crippen LogP contribution in [0.3, 0.4) is 0 Å². The van der Waals surface area contributed by atoms with E-state index in [-0.39, 0.29) is 6.54 Å². The summed E-state index contributed by atoms with van der Waals surface area (Å²) in [4.78, 5) is 23.2. The van der Waals surface area contributed by atoms with E-state index in [1.807, 2.05) is 0 Å². The fourth-order valence-electron chi connectivity index (χ4n) is 2.01. The van der Waals surface area contributed by atoms with Gasteiger partial charge in [0, 0.05) is 5.75 Å². The van der Waals surface area contributed by atoms with E-state index in [0.717, 1.165) is 24.3 Å². The first-order valence-electron chi connectivity index (χ1n) is 4.89. The summed E-state index contributed by atoms with van der Waals surface area (Å²) in [6.07, 6.45) is 1.39. The van der Waals surface area contributed by atoms with Gasteiger partial charge in [0.15, 0.2) is 0 Å². The molecule has 2 aliphatic heterocycles. The normalized spacial score (nSPS) is 30.7. The van der Waals surface area contributed by atoms with Crippen LogP contribution >= 0.6 is 11.8 Å². The van der Waals surface area contributed by atoms with Gasteiger partial charge in [0.1, 0.15) is 12.1 Å². The Morgan fingerprint density at radius 1 is 1.67 bits per heavy atom. The van der Waals surface area contributed by atoms with Crippen LogP contribution in [0.1, 0.15) is 12.8 Å². The molecule has 2 heterocycles. The molecule has 1 atom stereocenters. The number of amides is 1. The van der Waals surface area contributed by atoms with Gasteiger partial charge in [-0.15, -0.1) is 0 Å². The third-order valence-corrected chi connectivity index (χ3v) is 3.96. The predicted octanol–water partition coefficient (Wildman–Crippen LogP) is 0.789. The number of hydrogen-bond acceptors (Lipinski definition) is 4. The first-order valence-corrected chi connectivity index (χ1v) is 6.04. The summed E-state index contributed by atoms with van der Waals surface area (Å²) < 4.78 is 5.31. The number of rotatable bonds is 2. The minimum Gasteiger partial charge on any atom is -0.480 e. The number of carbonyl (C=O) groups excluding carboxylic acids is 1. The molecule has 84 valence electrons. The van der Waals surface area contributed by atoms with Crippen LogP contribution in [0.2, 0.25) is 0 Å². The van der Waals surface area contributed by atoms with Crippen molar-refractivity contribution in [3.63, 3.8) is 0 Å².